The van der Waals surface area contributed by atoms with Crippen molar-refractivity contribution in [3.8, 4) is 23.6 Å². The number of nitrogens with one attached hydrogen (secondary N) is 1. The number of nitrogens with zero attached hydrogens (tertiary/aromatic N) is 2. The molecule has 1 amide bonds. The Morgan fingerprint density at radius 3 is 2.71 bits per heavy atom. The predicted molar refractivity (Wildman–Crippen MR) is 118 cm³/mol. The Labute approximate surface area is 185 Å². The maximum absolute atomic E-state index is 12.5. The van der Waals surface area contributed by atoms with Crippen LogP contribution in [0.5, 0.6) is 11.5 Å². The highest BCUT2D eigenvalue weighted by Crippen LogP contribution is 2.35. The van der Waals surface area contributed by atoms with Crippen molar-refractivity contribution < 1.29 is 14.3 Å². The summed E-state index contributed by atoms with van der Waals surface area (Å²) < 4.78 is 12.5. The van der Waals surface area contributed by atoms with Crippen LogP contribution in [0.1, 0.15) is 12.5 Å². The van der Waals surface area contributed by atoms with E-state index in [9.17, 15) is 10.1 Å². The van der Waals surface area contributed by atoms with E-state index in [-0.39, 0.29) is 12.2 Å². The average molecular weight is 552 g/mol. The molecule has 1 N–H and O–H groups in total. The van der Waals surface area contributed by atoms with Crippen LogP contribution < -0.4 is 14.8 Å². The molecule has 0 saturated carbocycles. The lowest BCUT2D eigenvalue weighted by Gasteiger charge is -2.13. The highest BCUT2D eigenvalue weighted by Gasteiger charge is 2.14. The van der Waals surface area contributed by atoms with E-state index in [4.69, 9.17) is 14.7 Å². The molecule has 0 atom stereocenters. The zero-order chi connectivity index (χ0) is 20.5. The Hall–Kier alpha value is -2.56. The van der Waals surface area contributed by atoms with Crippen LogP contribution in [0.4, 0.5) is 5.69 Å². The zero-order valence-electron chi connectivity index (χ0n) is 14.8. The van der Waals surface area contributed by atoms with Gasteiger partial charge in [0.2, 0.25) is 0 Å². The molecule has 0 saturated heterocycles. The lowest BCUT2D eigenvalue weighted by atomic mass is 10.1. The third-order valence-corrected chi connectivity index (χ3v) is 4.67. The van der Waals surface area contributed by atoms with Crippen molar-refractivity contribution in [2.45, 2.75) is 6.92 Å². The molecule has 2 rings (SSSR count). The summed E-state index contributed by atoms with van der Waals surface area (Å²) in [7, 11) is 0. The number of hydrogen-bond acceptors (Lipinski definition) is 5. The van der Waals surface area contributed by atoms with Gasteiger partial charge in [-0.25, -0.2) is 0 Å². The van der Waals surface area contributed by atoms with E-state index in [1.54, 1.807) is 30.3 Å². The second-order valence-corrected chi connectivity index (χ2v) is 7.42. The second kappa shape index (κ2) is 10.7. The molecule has 0 unspecified atom stereocenters. The van der Waals surface area contributed by atoms with Gasteiger partial charge in [0.05, 0.1) is 10.2 Å². The minimum Gasteiger partial charge on any atom is -0.490 e. The summed E-state index contributed by atoms with van der Waals surface area (Å²) in [6.07, 6.45) is 1.48. The van der Waals surface area contributed by atoms with Crippen molar-refractivity contribution >= 4 is 56.2 Å². The summed E-state index contributed by atoms with van der Waals surface area (Å²) in [5.41, 5.74) is 1.13. The molecule has 6 nitrogen and oxygen atoms in total. The van der Waals surface area contributed by atoms with Crippen LogP contribution in [0.3, 0.4) is 0 Å². The second-order valence-electron chi connectivity index (χ2n) is 5.34. The number of halogens is 2. The Morgan fingerprint density at radius 1 is 1.29 bits per heavy atom. The van der Waals surface area contributed by atoms with Gasteiger partial charge in [-0.3, -0.25) is 4.79 Å². The quantitative estimate of drug-likeness (QED) is 0.300. The number of anilines is 1. The zero-order valence-corrected chi connectivity index (χ0v) is 18.6. The van der Waals surface area contributed by atoms with Crippen molar-refractivity contribution in [1.29, 1.82) is 10.5 Å². The van der Waals surface area contributed by atoms with Crippen LogP contribution >= 0.6 is 38.5 Å². The van der Waals surface area contributed by atoms with Gasteiger partial charge >= 0.3 is 0 Å². The molecule has 0 spiro atoms. The molecule has 2 aromatic rings. The summed E-state index contributed by atoms with van der Waals surface area (Å²) in [5, 5.41) is 20.8. The Morgan fingerprint density at radius 2 is 2.07 bits per heavy atom. The summed E-state index contributed by atoms with van der Waals surface area (Å²) in [6, 6.07) is 14.4. The van der Waals surface area contributed by atoms with E-state index in [2.05, 4.69) is 43.8 Å². The topological polar surface area (TPSA) is 95.1 Å². The molecule has 0 radical (unpaired) electrons. The SMILES string of the molecule is CCOc1cc(/C=C(/C#N)C(=O)Nc2cccc(Br)c2)cc(I)c1OCC#N. The smallest absolute Gasteiger partial charge is 0.266 e. The minimum atomic E-state index is -0.515. The summed E-state index contributed by atoms with van der Waals surface area (Å²) in [5.74, 6) is 0.386. The van der Waals surface area contributed by atoms with Crippen molar-refractivity contribution in [3.05, 3.63) is 55.6 Å². The number of amides is 1. The van der Waals surface area contributed by atoms with Gasteiger partial charge in [0.15, 0.2) is 18.1 Å². The largest absolute Gasteiger partial charge is 0.490 e. The van der Waals surface area contributed by atoms with Crippen molar-refractivity contribution in [1.82, 2.24) is 0 Å². The van der Waals surface area contributed by atoms with Gasteiger partial charge in [0, 0.05) is 10.2 Å². The maximum atomic E-state index is 12.5. The molecule has 142 valence electrons. The first kappa shape index (κ1) is 21.7. The van der Waals surface area contributed by atoms with Gasteiger partial charge in [-0.15, -0.1) is 0 Å². The van der Waals surface area contributed by atoms with Crippen LogP contribution in [0.25, 0.3) is 6.08 Å². The van der Waals surface area contributed by atoms with E-state index >= 15 is 0 Å². The van der Waals surface area contributed by atoms with Crippen LogP contribution in [-0.4, -0.2) is 19.1 Å². The van der Waals surface area contributed by atoms with E-state index in [0.29, 0.717) is 32.9 Å². The molecule has 0 aliphatic heterocycles. The molecule has 0 bridgehead atoms. The fraction of sp³-hybridized carbons (Fsp3) is 0.150. The van der Waals surface area contributed by atoms with Crippen molar-refractivity contribution in [2.75, 3.05) is 18.5 Å². The Bertz CT molecular complexity index is 993. The molecule has 2 aromatic carbocycles. The molecular formula is C20H15BrIN3O3. The van der Waals surface area contributed by atoms with Crippen molar-refractivity contribution in [2.24, 2.45) is 0 Å². The third-order valence-electron chi connectivity index (χ3n) is 3.37. The van der Waals surface area contributed by atoms with Gasteiger partial charge in [-0.1, -0.05) is 22.0 Å². The first-order valence-electron chi connectivity index (χ1n) is 8.13. The third kappa shape index (κ3) is 5.98. The fourth-order valence-corrected chi connectivity index (χ4v) is 3.44. The van der Waals surface area contributed by atoms with Gasteiger partial charge in [0.25, 0.3) is 5.91 Å². The van der Waals surface area contributed by atoms with Crippen LogP contribution in [0, 0.1) is 26.2 Å². The summed E-state index contributed by atoms with van der Waals surface area (Å²) in [4.78, 5) is 12.5. The number of hydrogen-bond donors (Lipinski definition) is 1. The van der Waals surface area contributed by atoms with Crippen LogP contribution in [0.15, 0.2) is 46.4 Å². The Kier molecular flexibility index (Phi) is 8.30. The standard InChI is InChI=1S/C20H15BrIN3O3/c1-2-27-18-10-13(9-17(22)19(18)28-7-6-23)8-14(12-24)20(26)25-16-5-3-4-15(21)11-16/h3-5,8-11H,2,7H2,1H3,(H,25,26)/b14-8-. The average Bonchev–Trinajstić information content (AvgIpc) is 2.65. The summed E-state index contributed by atoms with van der Waals surface area (Å²) in [6.45, 7) is 2.12. The molecule has 28 heavy (non-hydrogen) atoms. The molecule has 8 heteroatoms. The number of nitriles is 2. The molecule has 0 aliphatic carbocycles. The number of rotatable bonds is 7. The number of carbonyl (C=O) groups is 1. The highest BCUT2D eigenvalue weighted by atomic mass is 127. The summed E-state index contributed by atoms with van der Waals surface area (Å²) >= 11 is 5.39. The van der Waals surface area contributed by atoms with E-state index in [1.807, 2.05) is 25.1 Å². The first-order chi connectivity index (χ1) is 13.5. The lowest BCUT2D eigenvalue weighted by molar-refractivity contribution is -0.112. The normalized spacial score (nSPS) is 10.5. The van der Waals surface area contributed by atoms with E-state index < -0.39 is 5.91 Å². The van der Waals surface area contributed by atoms with Gasteiger partial charge in [-0.05, 0) is 71.5 Å². The predicted octanol–water partition coefficient (Wildman–Crippen LogP) is 4.90. The van der Waals surface area contributed by atoms with Gasteiger partial charge in [-0.2, -0.15) is 10.5 Å². The van der Waals surface area contributed by atoms with Gasteiger partial charge < -0.3 is 14.8 Å². The van der Waals surface area contributed by atoms with E-state index in [0.717, 1.165) is 4.47 Å². The number of ether oxygens (including phenoxy) is 2. The monoisotopic (exact) mass is 551 g/mol. The van der Waals surface area contributed by atoms with Crippen LogP contribution in [0.2, 0.25) is 0 Å². The maximum Gasteiger partial charge on any atom is 0.266 e. The van der Waals surface area contributed by atoms with E-state index in [1.165, 1.54) is 6.08 Å². The first-order valence-corrected chi connectivity index (χ1v) is 10.0. The number of benzene rings is 2. The van der Waals surface area contributed by atoms with Crippen LogP contribution in [-0.2, 0) is 4.79 Å². The Balaban J connectivity index is 2.33. The minimum absolute atomic E-state index is 0.0519. The van der Waals surface area contributed by atoms with Gasteiger partial charge in [0.1, 0.15) is 17.7 Å². The molecule has 0 aliphatic rings. The molecular weight excluding hydrogens is 537 g/mol. The molecule has 0 aromatic heterocycles. The highest BCUT2D eigenvalue weighted by molar-refractivity contribution is 14.1. The number of carbonyl (C=O) groups excluding carboxylic acids is 1. The van der Waals surface area contributed by atoms with Crippen molar-refractivity contribution in [3.63, 3.8) is 0 Å². The molecule has 0 heterocycles. The lowest BCUT2D eigenvalue weighted by Crippen LogP contribution is -2.13. The fourth-order valence-electron chi connectivity index (χ4n) is 2.26. The molecule has 0 fully saturated rings.